The Morgan fingerprint density at radius 3 is 2.88 bits per heavy atom. The van der Waals surface area contributed by atoms with Gasteiger partial charge in [-0.3, -0.25) is 9.36 Å². The maximum absolute atomic E-state index is 13.7. The number of fused-ring (bicyclic) bond motifs is 1. The first-order valence-electron chi connectivity index (χ1n) is 7.60. The van der Waals surface area contributed by atoms with Gasteiger partial charge in [0.1, 0.15) is 5.82 Å². The van der Waals surface area contributed by atoms with Gasteiger partial charge in [0.25, 0.3) is 5.91 Å². The van der Waals surface area contributed by atoms with Crippen molar-refractivity contribution in [1.82, 2.24) is 14.9 Å². The van der Waals surface area contributed by atoms with Gasteiger partial charge in [0.05, 0.1) is 12.1 Å². The molecule has 0 aliphatic heterocycles. The number of amides is 1. The summed E-state index contributed by atoms with van der Waals surface area (Å²) in [5.41, 5.74) is 0.775. The van der Waals surface area contributed by atoms with Crippen molar-refractivity contribution >= 4 is 17.1 Å². The molecule has 0 saturated heterocycles. The fraction of sp³-hybridized carbons (Fsp3) is 0.235. The molecule has 3 aromatic rings. The first-order chi connectivity index (χ1) is 11.6. The first-order valence-corrected chi connectivity index (χ1v) is 7.60. The number of carbonyl (C=O) groups excluding carboxylic acids is 1. The maximum Gasteiger partial charge on any atom is 0.421 e. The summed E-state index contributed by atoms with van der Waals surface area (Å²) in [7, 11) is 0. The highest BCUT2D eigenvalue weighted by molar-refractivity contribution is 5.94. The van der Waals surface area contributed by atoms with E-state index in [0.29, 0.717) is 17.7 Å². The third kappa shape index (κ3) is 3.05. The molecule has 0 unspecified atom stereocenters. The molecule has 0 saturated carbocycles. The highest BCUT2D eigenvalue weighted by atomic mass is 19.1. The Morgan fingerprint density at radius 2 is 2.12 bits per heavy atom. The third-order valence-electron chi connectivity index (χ3n) is 3.77. The summed E-state index contributed by atoms with van der Waals surface area (Å²) in [5.74, 6) is -1.64. The van der Waals surface area contributed by atoms with Gasteiger partial charge in [-0.05, 0) is 30.7 Å². The van der Waals surface area contributed by atoms with Crippen LogP contribution in [0.3, 0.4) is 0 Å². The molecule has 124 valence electrons. The van der Waals surface area contributed by atoms with E-state index in [2.05, 4.69) is 10.3 Å². The van der Waals surface area contributed by atoms with E-state index in [1.807, 2.05) is 6.92 Å². The number of nitrogens with one attached hydrogen (secondary N) is 1. The molecule has 0 spiro atoms. The van der Waals surface area contributed by atoms with Gasteiger partial charge in [-0.15, -0.1) is 0 Å². The summed E-state index contributed by atoms with van der Waals surface area (Å²) in [6.07, 6.45) is 2.12. The minimum atomic E-state index is -0.586. The van der Waals surface area contributed by atoms with E-state index in [-0.39, 0.29) is 18.2 Å². The lowest BCUT2D eigenvalue weighted by molar-refractivity contribution is 0.0927. The summed E-state index contributed by atoms with van der Waals surface area (Å²) < 4.78 is 20.2. The van der Waals surface area contributed by atoms with Gasteiger partial charge in [-0.2, -0.15) is 0 Å². The molecule has 0 fully saturated rings. The van der Waals surface area contributed by atoms with Crippen LogP contribution in [0.5, 0.6) is 0 Å². The van der Waals surface area contributed by atoms with Crippen molar-refractivity contribution in [2.24, 2.45) is 0 Å². The Hall–Kier alpha value is -2.96. The summed E-state index contributed by atoms with van der Waals surface area (Å²) in [6.45, 7) is 2.06. The Labute approximate surface area is 136 Å². The van der Waals surface area contributed by atoms with Gasteiger partial charge in [-0.1, -0.05) is 19.1 Å². The number of pyridine rings is 1. The number of rotatable bonds is 5. The van der Waals surface area contributed by atoms with Crippen LogP contribution in [0.4, 0.5) is 4.39 Å². The molecule has 0 radical (unpaired) electrons. The predicted octanol–water partition coefficient (Wildman–Crippen LogP) is 2.34. The summed E-state index contributed by atoms with van der Waals surface area (Å²) in [6, 6.07) is 8.72. The van der Waals surface area contributed by atoms with Crippen molar-refractivity contribution in [3.63, 3.8) is 0 Å². The van der Waals surface area contributed by atoms with Crippen LogP contribution in [0, 0.1) is 5.82 Å². The molecule has 2 heterocycles. The molecular weight excluding hydrogens is 313 g/mol. The number of carbonyl (C=O) groups is 1. The standard InChI is InChI=1S/C17H16FN3O3/c1-2-11(20-16(22)12-6-3-4-7-13(12)18)10-21-15-14(24-17(21)23)8-5-9-19-15/h3-9,11H,2,10H2,1H3,(H,20,22)/t11-/m1/s1. The van der Waals surface area contributed by atoms with E-state index >= 15 is 0 Å². The van der Waals surface area contributed by atoms with Crippen LogP contribution >= 0.6 is 0 Å². The molecule has 1 N–H and O–H groups in total. The fourth-order valence-corrected chi connectivity index (χ4v) is 2.47. The molecule has 1 amide bonds. The quantitative estimate of drug-likeness (QED) is 0.779. The van der Waals surface area contributed by atoms with Crippen LogP contribution in [0.1, 0.15) is 23.7 Å². The molecule has 2 aromatic heterocycles. The molecule has 0 aliphatic carbocycles. The van der Waals surface area contributed by atoms with Crippen LogP contribution in [-0.4, -0.2) is 21.5 Å². The van der Waals surface area contributed by atoms with E-state index < -0.39 is 17.5 Å². The van der Waals surface area contributed by atoms with Crippen LogP contribution in [0.15, 0.2) is 51.8 Å². The van der Waals surface area contributed by atoms with E-state index in [0.717, 1.165) is 0 Å². The van der Waals surface area contributed by atoms with Gasteiger partial charge >= 0.3 is 5.76 Å². The maximum atomic E-state index is 13.7. The van der Waals surface area contributed by atoms with E-state index in [9.17, 15) is 14.0 Å². The second-order valence-electron chi connectivity index (χ2n) is 5.36. The van der Waals surface area contributed by atoms with E-state index in [1.54, 1.807) is 24.4 Å². The molecule has 0 bridgehead atoms. The van der Waals surface area contributed by atoms with E-state index in [4.69, 9.17) is 4.42 Å². The van der Waals surface area contributed by atoms with Crippen LogP contribution in [0.25, 0.3) is 11.2 Å². The number of oxazole rings is 1. The Morgan fingerprint density at radius 1 is 1.33 bits per heavy atom. The minimum Gasteiger partial charge on any atom is -0.406 e. The van der Waals surface area contributed by atoms with Crippen molar-refractivity contribution in [2.45, 2.75) is 25.9 Å². The number of benzene rings is 1. The zero-order valence-electron chi connectivity index (χ0n) is 13.0. The molecule has 0 aliphatic rings. The van der Waals surface area contributed by atoms with Crippen molar-refractivity contribution in [3.8, 4) is 0 Å². The van der Waals surface area contributed by atoms with Gasteiger partial charge in [0.15, 0.2) is 11.2 Å². The third-order valence-corrected chi connectivity index (χ3v) is 3.77. The molecule has 3 rings (SSSR count). The average Bonchev–Trinajstić information content (AvgIpc) is 2.90. The van der Waals surface area contributed by atoms with Gasteiger partial charge in [0.2, 0.25) is 0 Å². The molecule has 7 heteroatoms. The second kappa shape index (κ2) is 6.66. The molecule has 1 aromatic carbocycles. The predicted molar refractivity (Wildman–Crippen MR) is 86.2 cm³/mol. The molecular formula is C17H16FN3O3. The number of hydrogen-bond donors (Lipinski definition) is 1. The molecule has 1 atom stereocenters. The highest BCUT2D eigenvalue weighted by Crippen LogP contribution is 2.11. The summed E-state index contributed by atoms with van der Waals surface area (Å²) >= 11 is 0. The largest absolute Gasteiger partial charge is 0.421 e. The highest BCUT2D eigenvalue weighted by Gasteiger charge is 2.18. The summed E-state index contributed by atoms with van der Waals surface area (Å²) in [5, 5.41) is 2.75. The zero-order chi connectivity index (χ0) is 17.1. The normalized spacial score (nSPS) is 12.2. The lowest BCUT2D eigenvalue weighted by Crippen LogP contribution is -2.39. The van der Waals surface area contributed by atoms with Crippen molar-refractivity contribution in [3.05, 3.63) is 64.5 Å². The van der Waals surface area contributed by atoms with Gasteiger partial charge < -0.3 is 9.73 Å². The zero-order valence-corrected chi connectivity index (χ0v) is 13.0. The minimum absolute atomic E-state index is 0.0292. The average molecular weight is 329 g/mol. The fourth-order valence-electron chi connectivity index (χ4n) is 2.47. The van der Waals surface area contributed by atoms with E-state index in [1.165, 1.54) is 22.8 Å². The smallest absolute Gasteiger partial charge is 0.406 e. The first kappa shape index (κ1) is 15.9. The Balaban J connectivity index is 1.82. The topological polar surface area (TPSA) is 77.1 Å². The van der Waals surface area contributed by atoms with Crippen molar-refractivity contribution in [2.75, 3.05) is 0 Å². The lowest BCUT2D eigenvalue weighted by atomic mass is 10.1. The Kier molecular flexibility index (Phi) is 4.41. The SMILES string of the molecule is CC[C@H](Cn1c(=O)oc2cccnc21)NC(=O)c1ccccc1F. The second-order valence-corrected chi connectivity index (χ2v) is 5.36. The van der Waals surface area contributed by atoms with Crippen LogP contribution < -0.4 is 11.1 Å². The number of halogens is 1. The number of aromatic nitrogens is 2. The summed E-state index contributed by atoms with van der Waals surface area (Å²) in [4.78, 5) is 28.4. The molecule has 6 nitrogen and oxygen atoms in total. The lowest BCUT2D eigenvalue weighted by Gasteiger charge is -2.17. The van der Waals surface area contributed by atoms with Crippen LogP contribution in [0.2, 0.25) is 0 Å². The molecule has 24 heavy (non-hydrogen) atoms. The Bertz CT molecular complexity index is 932. The number of nitrogens with zero attached hydrogens (tertiary/aromatic N) is 2. The van der Waals surface area contributed by atoms with Crippen molar-refractivity contribution in [1.29, 1.82) is 0 Å². The monoisotopic (exact) mass is 329 g/mol. The van der Waals surface area contributed by atoms with Gasteiger partial charge in [-0.25, -0.2) is 14.2 Å². The van der Waals surface area contributed by atoms with Crippen LogP contribution in [-0.2, 0) is 6.54 Å². The van der Waals surface area contributed by atoms with Gasteiger partial charge in [0, 0.05) is 12.2 Å². The number of hydrogen-bond acceptors (Lipinski definition) is 4. The van der Waals surface area contributed by atoms with Crippen molar-refractivity contribution < 1.29 is 13.6 Å².